The van der Waals surface area contributed by atoms with Crippen molar-refractivity contribution in [2.24, 2.45) is 0 Å². The molecule has 0 saturated heterocycles. The van der Waals surface area contributed by atoms with Gasteiger partial charge in [-0.05, 0) is 44.8 Å². The van der Waals surface area contributed by atoms with Gasteiger partial charge in [0.15, 0.2) is 0 Å². The van der Waals surface area contributed by atoms with Gasteiger partial charge < -0.3 is 0 Å². The second kappa shape index (κ2) is 3.13. The molecule has 0 aliphatic rings. The van der Waals surface area contributed by atoms with E-state index in [-0.39, 0.29) is 0 Å². The molecule has 2 rings (SSSR count). The number of rotatable bonds is 0. The highest BCUT2D eigenvalue weighted by Crippen LogP contribution is 2.38. The summed E-state index contributed by atoms with van der Waals surface area (Å²) in [7, 11) is 0. The Kier molecular flexibility index (Phi) is 2.27. The first-order valence-electron chi connectivity index (χ1n) is 3.53. The van der Waals surface area contributed by atoms with Crippen LogP contribution in [0.5, 0.6) is 0 Å². The summed E-state index contributed by atoms with van der Waals surface area (Å²) >= 11 is 8.92. The quantitative estimate of drug-likeness (QED) is 0.660. The van der Waals surface area contributed by atoms with Crippen molar-refractivity contribution in [1.29, 1.82) is 0 Å². The SMILES string of the molecule is Cc1sc2c(Br)cccc2c1Br. The maximum atomic E-state index is 3.57. The van der Waals surface area contributed by atoms with Crippen LogP contribution in [0.15, 0.2) is 27.1 Å². The molecular formula is C9H6Br2S. The number of aryl methyl sites for hydroxylation is 1. The predicted octanol–water partition coefficient (Wildman–Crippen LogP) is 4.73. The first-order valence-corrected chi connectivity index (χ1v) is 5.93. The molecule has 0 saturated carbocycles. The highest BCUT2D eigenvalue weighted by molar-refractivity contribution is 9.11. The van der Waals surface area contributed by atoms with Crippen molar-refractivity contribution in [2.45, 2.75) is 6.92 Å². The Morgan fingerprint density at radius 1 is 1.25 bits per heavy atom. The minimum absolute atomic E-state index is 1.18. The van der Waals surface area contributed by atoms with Gasteiger partial charge in [0.05, 0.1) is 0 Å². The molecule has 0 atom stereocenters. The maximum Gasteiger partial charge on any atom is 0.0499 e. The third kappa shape index (κ3) is 1.24. The number of benzene rings is 1. The van der Waals surface area contributed by atoms with Crippen LogP contribution < -0.4 is 0 Å². The number of hydrogen-bond donors (Lipinski definition) is 0. The van der Waals surface area contributed by atoms with Crippen molar-refractivity contribution in [1.82, 2.24) is 0 Å². The van der Waals surface area contributed by atoms with E-state index >= 15 is 0 Å². The molecule has 0 aliphatic heterocycles. The molecule has 0 aliphatic carbocycles. The van der Waals surface area contributed by atoms with Crippen molar-refractivity contribution >= 4 is 53.3 Å². The van der Waals surface area contributed by atoms with Crippen molar-refractivity contribution in [3.63, 3.8) is 0 Å². The van der Waals surface area contributed by atoms with Gasteiger partial charge >= 0.3 is 0 Å². The Morgan fingerprint density at radius 2 is 2.00 bits per heavy atom. The van der Waals surface area contributed by atoms with Gasteiger partial charge in [0.1, 0.15) is 0 Å². The lowest BCUT2D eigenvalue weighted by molar-refractivity contribution is 1.61. The van der Waals surface area contributed by atoms with E-state index in [4.69, 9.17) is 0 Å². The minimum Gasteiger partial charge on any atom is -0.138 e. The zero-order valence-corrected chi connectivity index (χ0v) is 10.4. The average Bonchev–Trinajstić information content (AvgIpc) is 2.32. The van der Waals surface area contributed by atoms with Crippen molar-refractivity contribution in [2.75, 3.05) is 0 Å². The summed E-state index contributed by atoms with van der Waals surface area (Å²) in [5.41, 5.74) is 0. The van der Waals surface area contributed by atoms with Gasteiger partial charge in [-0.15, -0.1) is 11.3 Å². The summed E-state index contributed by atoms with van der Waals surface area (Å²) in [5.74, 6) is 0. The van der Waals surface area contributed by atoms with Crippen LogP contribution in [-0.2, 0) is 0 Å². The van der Waals surface area contributed by atoms with Crippen LogP contribution >= 0.6 is 43.2 Å². The molecule has 0 amide bonds. The topological polar surface area (TPSA) is 0 Å². The second-order valence-corrected chi connectivity index (χ2v) is 5.46. The Bertz CT molecular complexity index is 431. The molecule has 0 bridgehead atoms. The number of hydrogen-bond acceptors (Lipinski definition) is 1. The van der Waals surface area contributed by atoms with Gasteiger partial charge in [0.25, 0.3) is 0 Å². The molecule has 12 heavy (non-hydrogen) atoms. The Balaban J connectivity index is 2.95. The highest BCUT2D eigenvalue weighted by Gasteiger charge is 2.07. The fourth-order valence-electron chi connectivity index (χ4n) is 1.17. The van der Waals surface area contributed by atoms with Gasteiger partial charge in [0, 0.05) is 23.9 Å². The molecule has 1 heterocycles. The Labute approximate surface area is 91.9 Å². The molecule has 0 spiro atoms. The van der Waals surface area contributed by atoms with E-state index in [0.29, 0.717) is 0 Å². The molecule has 0 nitrogen and oxygen atoms in total. The van der Waals surface area contributed by atoms with Crippen molar-refractivity contribution in [3.05, 3.63) is 32.0 Å². The zero-order valence-electron chi connectivity index (χ0n) is 6.40. The number of fused-ring (bicyclic) bond motifs is 1. The van der Waals surface area contributed by atoms with E-state index in [1.165, 1.54) is 23.9 Å². The first kappa shape index (κ1) is 8.73. The molecule has 2 aromatic rings. The molecule has 1 aromatic heterocycles. The van der Waals surface area contributed by atoms with Crippen LogP contribution in [0.25, 0.3) is 10.1 Å². The van der Waals surface area contributed by atoms with Crippen LogP contribution in [-0.4, -0.2) is 0 Å². The third-order valence-electron chi connectivity index (χ3n) is 1.77. The van der Waals surface area contributed by atoms with E-state index in [1.807, 2.05) is 11.3 Å². The van der Waals surface area contributed by atoms with Crippen LogP contribution in [0, 0.1) is 6.92 Å². The molecule has 0 N–H and O–H groups in total. The number of thiophene rings is 1. The van der Waals surface area contributed by atoms with Gasteiger partial charge in [-0.3, -0.25) is 0 Å². The standard InChI is InChI=1S/C9H6Br2S/c1-5-8(11)6-3-2-4-7(10)9(6)12-5/h2-4H,1H3. The summed E-state index contributed by atoms with van der Waals surface area (Å²) in [6.07, 6.45) is 0. The fourth-order valence-corrected chi connectivity index (χ4v) is 3.44. The van der Waals surface area contributed by atoms with Crippen LogP contribution in [0.4, 0.5) is 0 Å². The lowest BCUT2D eigenvalue weighted by Gasteiger charge is -1.91. The van der Waals surface area contributed by atoms with E-state index in [2.05, 4.69) is 57.0 Å². The second-order valence-electron chi connectivity index (χ2n) is 2.59. The Hall–Kier alpha value is 0.140. The number of halogens is 2. The van der Waals surface area contributed by atoms with Crippen LogP contribution in [0.3, 0.4) is 0 Å². The zero-order chi connectivity index (χ0) is 8.72. The smallest absolute Gasteiger partial charge is 0.0499 e. The lowest BCUT2D eigenvalue weighted by Crippen LogP contribution is -1.65. The minimum atomic E-state index is 1.18. The highest BCUT2D eigenvalue weighted by atomic mass is 79.9. The average molecular weight is 306 g/mol. The third-order valence-corrected chi connectivity index (χ3v) is 5.13. The van der Waals surface area contributed by atoms with Crippen LogP contribution in [0.1, 0.15) is 4.88 Å². The van der Waals surface area contributed by atoms with Gasteiger partial charge in [-0.1, -0.05) is 12.1 Å². The van der Waals surface area contributed by atoms with E-state index in [0.717, 1.165) is 0 Å². The van der Waals surface area contributed by atoms with Gasteiger partial charge in [0.2, 0.25) is 0 Å². The molecule has 62 valence electrons. The molecule has 0 fully saturated rings. The molecule has 3 heteroatoms. The summed E-state index contributed by atoms with van der Waals surface area (Å²) in [4.78, 5) is 1.33. The van der Waals surface area contributed by atoms with Crippen LogP contribution in [0.2, 0.25) is 0 Å². The lowest BCUT2D eigenvalue weighted by atomic mass is 10.2. The molecular weight excluding hydrogens is 300 g/mol. The molecule has 0 radical (unpaired) electrons. The van der Waals surface area contributed by atoms with Crippen molar-refractivity contribution in [3.8, 4) is 0 Å². The van der Waals surface area contributed by atoms with Gasteiger partial charge in [-0.2, -0.15) is 0 Å². The molecule has 1 aromatic carbocycles. The maximum absolute atomic E-state index is 3.57. The summed E-state index contributed by atoms with van der Waals surface area (Å²) in [6, 6.07) is 6.27. The van der Waals surface area contributed by atoms with E-state index in [9.17, 15) is 0 Å². The summed E-state index contributed by atoms with van der Waals surface area (Å²) in [6.45, 7) is 2.13. The first-order chi connectivity index (χ1) is 5.70. The van der Waals surface area contributed by atoms with Crippen molar-refractivity contribution < 1.29 is 0 Å². The predicted molar refractivity (Wildman–Crippen MR) is 62.0 cm³/mol. The summed E-state index contributed by atoms with van der Waals surface area (Å²) < 4.78 is 3.73. The monoisotopic (exact) mass is 304 g/mol. The molecule has 0 unspecified atom stereocenters. The summed E-state index contributed by atoms with van der Waals surface area (Å²) in [5, 5.41) is 1.30. The van der Waals surface area contributed by atoms with Gasteiger partial charge in [-0.25, -0.2) is 0 Å². The Morgan fingerprint density at radius 3 is 2.67 bits per heavy atom. The largest absolute Gasteiger partial charge is 0.138 e. The van der Waals surface area contributed by atoms with E-state index < -0.39 is 0 Å². The van der Waals surface area contributed by atoms with E-state index in [1.54, 1.807) is 0 Å². The normalized spacial score (nSPS) is 10.9. The fraction of sp³-hybridized carbons (Fsp3) is 0.111.